The maximum Gasteiger partial charge on any atom is 0.246 e. The minimum Gasteiger partial charge on any atom is -0.490 e. The van der Waals surface area contributed by atoms with E-state index in [1.165, 1.54) is 6.92 Å². The summed E-state index contributed by atoms with van der Waals surface area (Å²) in [6, 6.07) is 7.77. The zero-order valence-electron chi connectivity index (χ0n) is 15.3. The second-order valence-corrected chi connectivity index (χ2v) is 6.53. The highest BCUT2D eigenvalue weighted by atomic mass is 16.5. The third kappa shape index (κ3) is 5.93. The Labute approximate surface area is 150 Å². The molecule has 2 atom stereocenters. The van der Waals surface area contributed by atoms with Gasteiger partial charge in [0.2, 0.25) is 11.8 Å². The van der Waals surface area contributed by atoms with Gasteiger partial charge in [-0.2, -0.15) is 0 Å². The first-order valence-electron chi connectivity index (χ1n) is 8.99. The van der Waals surface area contributed by atoms with E-state index in [-0.39, 0.29) is 24.0 Å². The Morgan fingerprint density at radius 1 is 1.40 bits per heavy atom. The maximum atomic E-state index is 12.5. The predicted molar refractivity (Wildman–Crippen MR) is 99.3 cm³/mol. The van der Waals surface area contributed by atoms with Crippen molar-refractivity contribution >= 4 is 17.9 Å². The predicted octanol–water partition coefficient (Wildman–Crippen LogP) is 3.00. The number of para-hydroxylation sites is 1. The van der Waals surface area contributed by atoms with E-state index in [1.54, 1.807) is 11.0 Å². The fourth-order valence-electron chi connectivity index (χ4n) is 2.87. The lowest BCUT2D eigenvalue weighted by atomic mass is 10.1. The summed E-state index contributed by atoms with van der Waals surface area (Å²) in [7, 11) is 0. The molecule has 1 N–H and O–H groups in total. The largest absolute Gasteiger partial charge is 0.490 e. The van der Waals surface area contributed by atoms with Gasteiger partial charge in [-0.15, -0.1) is 0 Å². The Bertz CT molecular complexity index is 627. The van der Waals surface area contributed by atoms with Crippen LogP contribution in [0.25, 0.3) is 6.08 Å². The molecule has 1 saturated heterocycles. The van der Waals surface area contributed by atoms with Crippen LogP contribution in [0.5, 0.6) is 5.75 Å². The summed E-state index contributed by atoms with van der Waals surface area (Å²) in [5.74, 6) is 0.704. The summed E-state index contributed by atoms with van der Waals surface area (Å²) >= 11 is 0. The van der Waals surface area contributed by atoms with Crippen LogP contribution in [-0.4, -0.2) is 41.9 Å². The first kappa shape index (κ1) is 19.0. The molecular weight excluding hydrogens is 316 g/mol. The van der Waals surface area contributed by atoms with Gasteiger partial charge in [-0.1, -0.05) is 25.1 Å². The lowest BCUT2D eigenvalue weighted by molar-refractivity contribution is -0.128. The fourth-order valence-corrected chi connectivity index (χ4v) is 2.87. The van der Waals surface area contributed by atoms with Crippen LogP contribution in [0.15, 0.2) is 30.3 Å². The molecule has 0 aliphatic carbocycles. The summed E-state index contributed by atoms with van der Waals surface area (Å²) in [6.07, 6.45) is 6.27. The number of rotatable bonds is 6. The topological polar surface area (TPSA) is 58.6 Å². The quantitative estimate of drug-likeness (QED) is 0.807. The molecule has 1 aromatic carbocycles. The van der Waals surface area contributed by atoms with Gasteiger partial charge in [-0.05, 0) is 38.3 Å². The molecule has 1 aromatic rings. The molecule has 0 radical (unpaired) electrons. The van der Waals surface area contributed by atoms with Crippen molar-refractivity contribution in [3.8, 4) is 5.75 Å². The summed E-state index contributed by atoms with van der Waals surface area (Å²) < 4.78 is 5.91. The van der Waals surface area contributed by atoms with Crippen molar-refractivity contribution in [2.75, 3.05) is 13.1 Å². The van der Waals surface area contributed by atoms with Crippen LogP contribution in [0, 0.1) is 0 Å². The molecule has 5 nitrogen and oxygen atoms in total. The Kier molecular flexibility index (Phi) is 7.04. The Morgan fingerprint density at radius 3 is 2.88 bits per heavy atom. The van der Waals surface area contributed by atoms with Crippen molar-refractivity contribution in [3.63, 3.8) is 0 Å². The molecule has 136 valence electrons. The van der Waals surface area contributed by atoms with Gasteiger partial charge in [0.05, 0.1) is 6.10 Å². The van der Waals surface area contributed by atoms with Crippen molar-refractivity contribution in [1.82, 2.24) is 10.2 Å². The van der Waals surface area contributed by atoms with Gasteiger partial charge < -0.3 is 15.0 Å². The van der Waals surface area contributed by atoms with E-state index in [1.807, 2.05) is 37.3 Å². The van der Waals surface area contributed by atoms with Crippen molar-refractivity contribution < 1.29 is 14.3 Å². The van der Waals surface area contributed by atoms with Crippen LogP contribution >= 0.6 is 0 Å². The second-order valence-electron chi connectivity index (χ2n) is 6.53. The average molecular weight is 344 g/mol. The number of piperidine rings is 1. The van der Waals surface area contributed by atoms with Gasteiger partial charge >= 0.3 is 0 Å². The molecule has 1 heterocycles. The van der Waals surface area contributed by atoms with Gasteiger partial charge in [0.1, 0.15) is 5.75 Å². The normalized spacial score (nSPS) is 18.8. The highest BCUT2D eigenvalue weighted by Crippen LogP contribution is 2.22. The Morgan fingerprint density at radius 2 is 2.16 bits per heavy atom. The third-order valence-electron chi connectivity index (χ3n) is 4.37. The number of benzene rings is 1. The molecule has 2 amide bonds. The van der Waals surface area contributed by atoms with Crippen LogP contribution < -0.4 is 10.1 Å². The number of hydrogen-bond donors (Lipinski definition) is 1. The van der Waals surface area contributed by atoms with Crippen molar-refractivity contribution in [2.45, 2.75) is 52.2 Å². The van der Waals surface area contributed by atoms with Gasteiger partial charge in [0.25, 0.3) is 0 Å². The number of nitrogens with one attached hydrogen (secondary N) is 1. The third-order valence-corrected chi connectivity index (χ3v) is 4.37. The van der Waals surface area contributed by atoms with E-state index in [0.717, 1.165) is 37.1 Å². The van der Waals surface area contributed by atoms with Crippen LogP contribution in [0.2, 0.25) is 0 Å². The number of ether oxygens (including phenoxy) is 1. The molecule has 5 heteroatoms. The summed E-state index contributed by atoms with van der Waals surface area (Å²) in [5, 5.41) is 2.90. The summed E-state index contributed by atoms with van der Waals surface area (Å²) in [4.78, 5) is 25.5. The lowest BCUT2D eigenvalue weighted by Gasteiger charge is -2.32. The van der Waals surface area contributed by atoms with E-state index >= 15 is 0 Å². The van der Waals surface area contributed by atoms with Crippen LogP contribution in [0.1, 0.15) is 45.6 Å². The zero-order chi connectivity index (χ0) is 18.2. The van der Waals surface area contributed by atoms with Crippen LogP contribution in [0.4, 0.5) is 0 Å². The molecule has 0 unspecified atom stereocenters. The van der Waals surface area contributed by atoms with Gasteiger partial charge in [-0.3, -0.25) is 9.59 Å². The number of carbonyl (C=O) groups excluding carboxylic acids is 2. The molecule has 0 saturated carbocycles. The molecule has 1 aliphatic heterocycles. The average Bonchev–Trinajstić information content (AvgIpc) is 2.60. The van der Waals surface area contributed by atoms with Gasteiger partial charge in [-0.25, -0.2) is 0 Å². The van der Waals surface area contributed by atoms with E-state index < -0.39 is 0 Å². The van der Waals surface area contributed by atoms with Crippen LogP contribution in [-0.2, 0) is 9.59 Å². The molecule has 1 aliphatic rings. The molecule has 0 bridgehead atoms. The number of nitrogens with zero attached hydrogens (tertiary/aromatic N) is 1. The lowest BCUT2D eigenvalue weighted by Crippen LogP contribution is -2.48. The monoisotopic (exact) mass is 344 g/mol. The number of amides is 2. The number of carbonyl (C=O) groups is 2. The van der Waals surface area contributed by atoms with Gasteiger partial charge in [0, 0.05) is 37.7 Å². The van der Waals surface area contributed by atoms with Crippen molar-refractivity contribution in [2.24, 2.45) is 0 Å². The molecule has 2 rings (SSSR count). The highest BCUT2D eigenvalue weighted by Gasteiger charge is 2.22. The first-order chi connectivity index (χ1) is 12.0. The SMILES string of the molecule is CC[C@H](C)Oc1ccccc1/C=C/C(=O)N1CCC[C@H](NC(C)=O)C1. The molecule has 1 fully saturated rings. The number of hydrogen-bond acceptors (Lipinski definition) is 3. The maximum absolute atomic E-state index is 12.5. The smallest absolute Gasteiger partial charge is 0.246 e. The Hall–Kier alpha value is -2.30. The van der Waals surface area contributed by atoms with Crippen molar-refractivity contribution in [3.05, 3.63) is 35.9 Å². The van der Waals surface area contributed by atoms with Gasteiger partial charge in [0.15, 0.2) is 0 Å². The van der Waals surface area contributed by atoms with E-state index in [2.05, 4.69) is 12.2 Å². The fraction of sp³-hybridized carbons (Fsp3) is 0.500. The summed E-state index contributed by atoms with van der Waals surface area (Å²) in [6.45, 7) is 6.91. The minimum absolute atomic E-state index is 0.0339. The van der Waals surface area contributed by atoms with Crippen LogP contribution in [0.3, 0.4) is 0 Å². The molecular formula is C20H28N2O3. The first-order valence-corrected chi connectivity index (χ1v) is 8.99. The molecule has 0 aromatic heterocycles. The molecule has 0 spiro atoms. The van der Waals surface area contributed by atoms with Crippen molar-refractivity contribution in [1.29, 1.82) is 0 Å². The number of likely N-dealkylation sites (tertiary alicyclic amines) is 1. The van der Waals surface area contributed by atoms with E-state index in [9.17, 15) is 9.59 Å². The Balaban J connectivity index is 2.01. The summed E-state index contributed by atoms with van der Waals surface area (Å²) in [5.41, 5.74) is 0.895. The standard InChI is InChI=1S/C20H28N2O3/c1-4-15(2)25-19-10-6-5-8-17(19)11-12-20(24)22-13-7-9-18(14-22)21-16(3)23/h5-6,8,10-12,15,18H,4,7,9,13-14H2,1-3H3,(H,21,23)/b12-11+/t15-,18-/m0/s1. The van der Waals surface area contributed by atoms with E-state index in [0.29, 0.717) is 6.54 Å². The van der Waals surface area contributed by atoms with E-state index in [4.69, 9.17) is 4.74 Å². The molecule has 25 heavy (non-hydrogen) atoms. The second kappa shape index (κ2) is 9.25. The highest BCUT2D eigenvalue weighted by molar-refractivity contribution is 5.92. The minimum atomic E-state index is -0.0500. The zero-order valence-corrected chi connectivity index (χ0v) is 15.3.